The van der Waals surface area contributed by atoms with Gasteiger partial charge >= 0.3 is 21.4 Å². The normalized spacial score (nSPS) is 11.1. The molecule has 106 valence electrons. The molecule has 0 saturated heterocycles. The number of nitrogens with zero attached hydrogens (tertiary/aromatic N) is 3. The van der Waals surface area contributed by atoms with Crippen LogP contribution in [0, 0.1) is 0 Å². The van der Waals surface area contributed by atoms with Crippen molar-refractivity contribution in [3.63, 3.8) is 0 Å². The number of carbonyl (C=O) groups excluding carboxylic acids is 1. The third-order valence-corrected chi connectivity index (χ3v) is 2.45. The highest BCUT2D eigenvalue weighted by atomic mass is 35.7. The van der Waals surface area contributed by atoms with Gasteiger partial charge in [0.15, 0.2) is 0 Å². The summed E-state index contributed by atoms with van der Waals surface area (Å²) < 4.78 is 31.0. The van der Waals surface area contributed by atoms with Crippen LogP contribution in [0.4, 0.5) is 10.7 Å². The van der Waals surface area contributed by atoms with E-state index in [2.05, 4.69) is 14.3 Å². The molecule has 11 heteroatoms. The van der Waals surface area contributed by atoms with Gasteiger partial charge in [0.05, 0.1) is 10.7 Å². The Balaban J connectivity index is 2.18. The van der Waals surface area contributed by atoms with Crippen LogP contribution < -0.4 is 14.7 Å². The Morgan fingerprint density at radius 3 is 2.55 bits per heavy atom. The van der Waals surface area contributed by atoms with Gasteiger partial charge in [0.1, 0.15) is 5.75 Å². The number of hydrogen-bond donors (Lipinski definition) is 1. The molecule has 2 aromatic rings. The van der Waals surface area contributed by atoms with E-state index < -0.39 is 27.4 Å². The molecule has 0 aliphatic carbocycles. The van der Waals surface area contributed by atoms with E-state index >= 15 is 0 Å². The van der Waals surface area contributed by atoms with E-state index in [4.69, 9.17) is 21.2 Å². The highest BCUT2D eigenvalue weighted by Crippen LogP contribution is 2.14. The van der Waals surface area contributed by atoms with Crippen molar-refractivity contribution in [1.29, 1.82) is 0 Å². The van der Waals surface area contributed by atoms with Crippen LogP contribution in [0.5, 0.6) is 11.8 Å². The van der Waals surface area contributed by atoms with E-state index in [1.54, 1.807) is 18.2 Å². The van der Waals surface area contributed by atoms with E-state index in [1.165, 1.54) is 12.1 Å². The third-order valence-electron chi connectivity index (χ3n) is 1.91. The topological polar surface area (TPSA) is 126 Å². The van der Waals surface area contributed by atoms with Crippen molar-refractivity contribution < 1.29 is 22.1 Å². The fourth-order valence-corrected chi connectivity index (χ4v) is 1.61. The number of para-hydroxylation sites is 1. The van der Waals surface area contributed by atoms with Gasteiger partial charge in [0.25, 0.3) is 0 Å². The van der Waals surface area contributed by atoms with Crippen molar-refractivity contribution >= 4 is 32.1 Å². The van der Waals surface area contributed by atoms with Crippen molar-refractivity contribution in [1.82, 2.24) is 14.8 Å². The number of aromatic nitrogens is 3. The smallest absolute Gasteiger partial charge is 0.409 e. The van der Waals surface area contributed by atoms with Gasteiger partial charge in [-0.25, -0.2) is 4.79 Å². The average molecular weight is 319 g/mol. The summed E-state index contributed by atoms with van der Waals surface area (Å²) >= 11 is 0. The molecule has 2 rings (SSSR count). The molecule has 2 N–H and O–H groups in total. The van der Waals surface area contributed by atoms with Crippen LogP contribution in [0.2, 0.25) is 0 Å². The number of nitrogen functional groups attached to an aromatic ring is 1. The third kappa shape index (κ3) is 3.59. The molecule has 20 heavy (non-hydrogen) atoms. The van der Waals surface area contributed by atoms with Crippen LogP contribution in [-0.4, -0.2) is 29.3 Å². The van der Waals surface area contributed by atoms with Crippen LogP contribution >= 0.6 is 10.7 Å². The Bertz CT molecular complexity index is 730. The molecule has 9 nitrogen and oxygen atoms in total. The molecule has 0 aliphatic heterocycles. The summed E-state index contributed by atoms with van der Waals surface area (Å²) in [6.45, 7) is 0. The summed E-state index contributed by atoms with van der Waals surface area (Å²) in [5, 5.41) is 3.41. The summed E-state index contributed by atoms with van der Waals surface area (Å²) in [7, 11) is 0.503. The second-order valence-electron chi connectivity index (χ2n) is 3.32. The van der Waals surface area contributed by atoms with Crippen LogP contribution in [0.15, 0.2) is 30.3 Å². The molecule has 0 bridgehead atoms. The van der Waals surface area contributed by atoms with Crippen molar-refractivity contribution in [2.24, 2.45) is 0 Å². The van der Waals surface area contributed by atoms with Crippen molar-refractivity contribution in [3.05, 3.63) is 30.3 Å². The Kier molecular flexibility index (Phi) is 3.77. The average Bonchev–Trinajstić information content (AvgIpc) is 2.69. The molecule has 0 saturated carbocycles. The maximum absolute atomic E-state index is 11.7. The first-order valence-electron chi connectivity index (χ1n) is 4.99. The quantitative estimate of drug-likeness (QED) is 0.822. The van der Waals surface area contributed by atoms with Gasteiger partial charge in [-0.3, -0.25) is 0 Å². The molecule has 0 fully saturated rings. The SMILES string of the molecule is Nc1nc(OS(=O)(=O)Cl)nn1C(=O)Oc1ccccc1. The maximum atomic E-state index is 11.7. The minimum absolute atomic E-state index is 0.250. The van der Waals surface area contributed by atoms with E-state index in [0.29, 0.717) is 4.68 Å². The molecule has 0 spiro atoms. The molecule has 0 aliphatic rings. The molecule has 0 atom stereocenters. The first-order valence-corrected chi connectivity index (χ1v) is 7.22. The molecule has 1 heterocycles. The number of benzene rings is 1. The van der Waals surface area contributed by atoms with Crippen molar-refractivity contribution in [2.45, 2.75) is 0 Å². The molecular formula is C9H7ClN4O5S. The molecule has 0 unspecified atom stereocenters. The molecule has 0 amide bonds. The Morgan fingerprint density at radius 2 is 1.95 bits per heavy atom. The van der Waals surface area contributed by atoms with Crippen LogP contribution in [0.1, 0.15) is 0 Å². The lowest BCUT2D eigenvalue weighted by Crippen LogP contribution is -2.20. The van der Waals surface area contributed by atoms with Gasteiger partial charge < -0.3 is 14.7 Å². The number of nitrogens with two attached hydrogens (primary N) is 1. The van der Waals surface area contributed by atoms with Gasteiger partial charge in [-0.05, 0) is 12.1 Å². The summed E-state index contributed by atoms with van der Waals surface area (Å²) in [5.41, 5.74) is 5.39. The van der Waals surface area contributed by atoms with E-state index in [0.717, 1.165) is 0 Å². The fourth-order valence-electron chi connectivity index (χ4n) is 1.20. The summed E-state index contributed by atoms with van der Waals surface area (Å²) in [5.74, 6) is -0.166. The van der Waals surface area contributed by atoms with Crippen LogP contribution in [0.3, 0.4) is 0 Å². The number of ether oxygens (including phenoxy) is 1. The summed E-state index contributed by atoms with van der Waals surface area (Å²) in [6, 6.07) is 7.42. The minimum Gasteiger partial charge on any atom is -0.409 e. The van der Waals surface area contributed by atoms with E-state index in [1.807, 2.05) is 0 Å². The number of hydrogen-bond acceptors (Lipinski definition) is 8. The predicted molar refractivity (Wildman–Crippen MR) is 67.7 cm³/mol. The largest absolute Gasteiger partial charge is 0.443 e. The number of rotatable bonds is 3. The zero-order chi connectivity index (χ0) is 14.8. The van der Waals surface area contributed by atoms with Gasteiger partial charge in [-0.2, -0.15) is 13.4 Å². The second-order valence-corrected chi connectivity index (χ2v) is 5.41. The van der Waals surface area contributed by atoms with Crippen LogP contribution in [-0.2, 0) is 9.33 Å². The second kappa shape index (κ2) is 5.35. The number of anilines is 1. The van der Waals surface area contributed by atoms with E-state index in [9.17, 15) is 13.2 Å². The van der Waals surface area contributed by atoms with Crippen molar-refractivity contribution in [2.75, 3.05) is 5.73 Å². The molecule has 1 aromatic heterocycles. The zero-order valence-corrected chi connectivity index (χ0v) is 11.2. The standard InChI is InChI=1S/C9H7ClN4O5S/c10-20(16,17)19-8-12-7(11)14(13-8)9(15)18-6-4-2-1-3-5-6/h1-5H,(H2,11,12,13). The lowest BCUT2D eigenvalue weighted by molar-refractivity contribution is 0.199. The first kappa shape index (κ1) is 14.1. The monoisotopic (exact) mass is 318 g/mol. The lowest BCUT2D eigenvalue weighted by atomic mass is 10.3. The minimum atomic E-state index is -4.34. The van der Waals surface area contributed by atoms with Gasteiger partial charge in [0.2, 0.25) is 5.95 Å². The number of carbonyl (C=O) groups is 1. The predicted octanol–water partition coefficient (Wildman–Crippen LogP) is 0.770. The Labute approximate surface area is 117 Å². The highest BCUT2D eigenvalue weighted by molar-refractivity contribution is 8.10. The van der Waals surface area contributed by atoms with Gasteiger partial charge in [-0.1, -0.05) is 18.2 Å². The van der Waals surface area contributed by atoms with Crippen LogP contribution in [0.25, 0.3) is 0 Å². The molecular weight excluding hydrogens is 312 g/mol. The van der Waals surface area contributed by atoms with Crippen molar-refractivity contribution in [3.8, 4) is 11.8 Å². The maximum Gasteiger partial charge on any atom is 0.443 e. The van der Waals surface area contributed by atoms with E-state index in [-0.39, 0.29) is 5.75 Å². The molecule has 1 aromatic carbocycles. The van der Waals surface area contributed by atoms with Gasteiger partial charge in [0, 0.05) is 0 Å². The number of halogens is 1. The Morgan fingerprint density at radius 1 is 1.30 bits per heavy atom. The fraction of sp³-hybridized carbons (Fsp3) is 0. The first-order chi connectivity index (χ1) is 9.35. The zero-order valence-electron chi connectivity index (χ0n) is 9.63. The highest BCUT2D eigenvalue weighted by Gasteiger charge is 2.20. The lowest BCUT2D eigenvalue weighted by Gasteiger charge is -2.03. The summed E-state index contributed by atoms with van der Waals surface area (Å²) in [4.78, 5) is 15.1. The van der Waals surface area contributed by atoms with Gasteiger partial charge in [-0.15, -0.1) is 9.78 Å². The summed E-state index contributed by atoms with van der Waals surface area (Å²) in [6.07, 6.45) is -0.983. The Hall–Kier alpha value is -2.33. The molecule has 0 radical (unpaired) electrons.